The molecule has 0 amide bonds. The van der Waals surface area contributed by atoms with Crippen molar-refractivity contribution < 1.29 is 4.74 Å². The molecule has 2 N–H and O–H groups in total. The van der Waals surface area contributed by atoms with Crippen molar-refractivity contribution in [2.45, 2.75) is 6.92 Å². The predicted octanol–water partition coefficient (Wildman–Crippen LogP) is 2.75. The molecule has 0 unspecified atom stereocenters. The van der Waals surface area contributed by atoms with Crippen molar-refractivity contribution in [3.05, 3.63) is 42.0 Å². The molecule has 18 heavy (non-hydrogen) atoms. The Morgan fingerprint density at radius 1 is 1.22 bits per heavy atom. The summed E-state index contributed by atoms with van der Waals surface area (Å²) in [7, 11) is 3.53. The van der Waals surface area contributed by atoms with E-state index < -0.39 is 0 Å². The maximum atomic E-state index is 5.76. The predicted molar refractivity (Wildman–Crippen MR) is 74.4 cm³/mol. The number of benzene rings is 1. The second-order valence-corrected chi connectivity index (χ2v) is 4.17. The molecule has 0 aliphatic rings. The van der Waals surface area contributed by atoms with Crippen molar-refractivity contribution in [2.24, 2.45) is 0 Å². The quantitative estimate of drug-likeness (QED) is 0.900. The molecule has 0 bridgehead atoms. The highest BCUT2D eigenvalue weighted by Gasteiger charge is 2.08. The molecule has 0 radical (unpaired) electrons. The monoisotopic (exact) mass is 243 g/mol. The summed E-state index contributed by atoms with van der Waals surface area (Å²) in [5, 5.41) is 0. The number of nitrogens with zero attached hydrogens (tertiary/aromatic N) is 2. The molecule has 0 fully saturated rings. The molecule has 2 aromatic rings. The van der Waals surface area contributed by atoms with Gasteiger partial charge in [0.05, 0.1) is 12.8 Å². The molecule has 0 saturated carbocycles. The van der Waals surface area contributed by atoms with Gasteiger partial charge in [-0.1, -0.05) is 12.1 Å². The molecule has 0 atom stereocenters. The molecule has 0 aliphatic heterocycles. The van der Waals surface area contributed by atoms with Gasteiger partial charge in [-0.25, -0.2) is 0 Å². The fourth-order valence-electron chi connectivity index (χ4n) is 1.76. The molecule has 94 valence electrons. The number of aromatic nitrogens is 1. The van der Waals surface area contributed by atoms with Crippen molar-refractivity contribution in [2.75, 3.05) is 24.8 Å². The average molecular weight is 243 g/mol. The molecule has 1 aromatic heterocycles. The van der Waals surface area contributed by atoms with Crippen LogP contribution in [0, 0.1) is 6.92 Å². The second kappa shape index (κ2) is 4.96. The van der Waals surface area contributed by atoms with Gasteiger partial charge in [0.15, 0.2) is 0 Å². The number of rotatable bonds is 3. The SMILES string of the molecule is COc1nc(N(C)c2cccc(C)c2)ccc1N. The Morgan fingerprint density at radius 3 is 2.67 bits per heavy atom. The third-order valence-electron chi connectivity index (χ3n) is 2.80. The average Bonchev–Trinajstić information content (AvgIpc) is 2.38. The molecule has 0 spiro atoms. The number of hydrogen-bond acceptors (Lipinski definition) is 4. The van der Waals surface area contributed by atoms with Gasteiger partial charge in [0.25, 0.3) is 0 Å². The van der Waals surface area contributed by atoms with E-state index in [0.29, 0.717) is 11.6 Å². The fourth-order valence-corrected chi connectivity index (χ4v) is 1.76. The Hall–Kier alpha value is -2.23. The Bertz CT molecular complexity index is 554. The van der Waals surface area contributed by atoms with Crippen molar-refractivity contribution in [3.63, 3.8) is 0 Å². The zero-order valence-electron chi connectivity index (χ0n) is 10.8. The number of hydrogen-bond donors (Lipinski definition) is 1. The number of nitrogen functional groups attached to an aromatic ring is 1. The van der Waals surface area contributed by atoms with Crippen molar-refractivity contribution >= 4 is 17.2 Å². The van der Waals surface area contributed by atoms with Crippen molar-refractivity contribution in [1.29, 1.82) is 0 Å². The molecule has 2 rings (SSSR count). The normalized spacial score (nSPS) is 10.2. The van der Waals surface area contributed by atoms with Crippen LogP contribution in [0.25, 0.3) is 0 Å². The first-order valence-corrected chi connectivity index (χ1v) is 5.72. The van der Waals surface area contributed by atoms with Gasteiger partial charge < -0.3 is 15.4 Å². The van der Waals surface area contributed by atoms with Crippen LogP contribution in [-0.4, -0.2) is 19.1 Å². The van der Waals surface area contributed by atoms with Gasteiger partial charge in [-0.2, -0.15) is 4.98 Å². The van der Waals surface area contributed by atoms with E-state index in [-0.39, 0.29) is 0 Å². The lowest BCUT2D eigenvalue weighted by atomic mass is 10.2. The number of aryl methyl sites for hydroxylation is 1. The smallest absolute Gasteiger partial charge is 0.238 e. The lowest BCUT2D eigenvalue weighted by Gasteiger charge is -2.19. The second-order valence-electron chi connectivity index (χ2n) is 4.17. The summed E-state index contributed by atoms with van der Waals surface area (Å²) in [5.41, 5.74) is 8.59. The number of ether oxygens (including phenoxy) is 1. The largest absolute Gasteiger partial charge is 0.479 e. The van der Waals surface area contributed by atoms with Crippen LogP contribution in [0.5, 0.6) is 5.88 Å². The van der Waals surface area contributed by atoms with Gasteiger partial charge in [0.1, 0.15) is 5.82 Å². The summed E-state index contributed by atoms with van der Waals surface area (Å²) in [6, 6.07) is 11.9. The van der Waals surface area contributed by atoms with E-state index in [1.807, 2.05) is 30.1 Å². The highest BCUT2D eigenvalue weighted by molar-refractivity contribution is 5.63. The Labute approximate surface area is 107 Å². The first-order chi connectivity index (χ1) is 8.61. The highest BCUT2D eigenvalue weighted by atomic mass is 16.5. The maximum absolute atomic E-state index is 5.76. The summed E-state index contributed by atoms with van der Waals surface area (Å²) in [6.45, 7) is 2.06. The van der Waals surface area contributed by atoms with Gasteiger partial charge in [-0.15, -0.1) is 0 Å². The first kappa shape index (κ1) is 12.2. The van der Waals surface area contributed by atoms with Crippen molar-refractivity contribution in [1.82, 2.24) is 4.98 Å². The summed E-state index contributed by atoms with van der Waals surface area (Å²) < 4.78 is 5.13. The van der Waals surface area contributed by atoms with Crippen LogP contribution in [0.4, 0.5) is 17.2 Å². The van der Waals surface area contributed by atoms with Gasteiger partial charge in [-0.05, 0) is 36.8 Å². The van der Waals surface area contributed by atoms with Crippen molar-refractivity contribution in [3.8, 4) is 5.88 Å². The molecule has 1 heterocycles. The van der Waals surface area contributed by atoms with Crippen LogP contribution in [0.2, 0.25) is 0 Å². The topological polar surface area (TPSA) is 51.4 Å². The molecular weight excluding hydrogens is 226 g/mol. The van der Waals surface area contributed by atoms with Crippen LogP contribution in [-0.2, 0) is 0 Å². The number of anilines is 3. The van der Waals surface area contributed by atoms with E-state index in [4.69, 9.17) is 10.5 Å². The van der Waals surface area contributed by atoms with Crippen LogP contribution >= 0.6 is 0 Å². The van der Waals surface area contributed by atoms with Crippen LogP contribution in [0.1, 0.15) is 5.56 Å². The van der Waals surface area contributed by atoms with E-state index in [2.05, 4.69) is 24.0 Å². The Kier molecular flexibility index (Phi) is 3.37. The maximum Gasteiger partial charge on any atom is 0.238 e. The van der Waals surface area contributed by atoms with E-state index in [1.54, 1.807) is 13.2 Å². The van der Waals surface area contributed by atoms with E-state index >= 15 is 0 Å². The third kappa shape index (κ3) is 2.37. The number of methoxy groups -OCH3 is 1. The first-order valence-electron chi connectivity index (χ1n) is 5.72. The molecular formula is C14H17N3O. The van der Waals surface area contributed by atoms with Gasteiger partial charge in [-0.3, -0.25) is 0 Å². The molecule has 1 aromatic carbocycles. The summed E-state index contributed by atoms with van der Waals surface area (Å²) >= 11 is 0. The van der Waals surface area contributed by atoms with Crippen LogP contribution < -0.4 is 15.4 Å². The highest BCUT2D eigenvalue weighted by Crippen LogP contribution is 2.27. The fraction of sp³-hybridized carbons (Fsp3) is 0.214. The summed E-state index contributed by atoms with van der Waals surface area (Å²) in [4.78, 5) is 6.37. The van der Waals surface area contributed by atoms with E-state index in [1.165, 1.54) is 5.56 Å². The standard InChI is InChI=1S/C14H17N3O/c1-10-5-4-6-11(9-10)17(2)13-8-7-12(15)14(16-13)18-3/h4-9H,15H2,1-3H3. The minimum absolute atomic E-state index is 0.451. The number of nitrogens with two attached hydrogens (primary N) is 1. The lowest BCUT2D eigenvalue weighted by Crippen LogP contribution is -2.12. The Balaban J connectivity index is 2.36. The Morgan fingerprint density at radius 2 is 2.00 bits per heavy atom. The van der Waals surface area contributed by atoms with E-state index in [0.717, 1.165) is 11.5 Å². The lowest BCUT2D eigenvalue weighted by molar-refractivity contribution is 0.400. The molecule has 0 aliphatic carbocycles. The van der Waals surface area contributed by atoms with Gasteiger partial charge >= 0.3 is 0 Å². The van der Waals surface area contributed by atoms with Gasteiger partial charge in [0.2, 0.25) is 5.88 Å². The zero-order chi connectivity index (χ0) is 13.1. The van der Waals surface area contributed by atoms with Crippen LogP contribution in [0.15, 0.2) is 36.4 Å². The minimum Gasteiger partial charge on any atom is -0.479 e. The molecule has 4 heteroatoms. The summed E-state index contributed by atoms with van der Waals surface area (Å²) in [5.74, 6) is 1.25. The summed E-state index contributed by atoms with van der Waals surface area (Å²) in [6.07, 6.45) is 0. The van der Waals surface area contributed by atoms with E-state index in [9.17, 15) is 0 Å². The minimum atomic E-state index is 0.451. The third-order valence-corrected chi connectivity index (χ3v) is 2.80. The van der Waals surface area contributed by atoms with Gasteiger partial charge in [0, 0.05) is 12.7 Å². The molecule has 4 nitrogen and oxygen atoms in total. The zero-order valence-corrected chi connectivity index (χ0v) is 10.8. The molecule has 0 saturated heterocycles. The van der Waals surface area contributed by atoms with Crippen LogP contribution in [0.3, 0.4) is 0 Å². The number of pyridine rings is 1.